The number of nitrogens with two attached hydrogens (primary N) is 1. The van der Waals surface area contributed by atoms with Gasteiger partial charge in [0.1, 0.15) is 0 Å². The molecule has 1 saturated heterocycles. The lowest BCUT2D eigenvalue weighted by atomic mass is 9.93. The first-order valence-corrected chi connectivity index (χ1v) is 7.40. The number of nitrogens with zero attached hydrogens (tertiary/aromatic N) is 1. The summed E-state index contributed by atoms with van der Waals surface area (Å²) >= 11 is 0. The standard InChI is InChI=1S/C16H26N2O2.ClH/c1-19-15-4-3-14(11-16(15)20-2)12-18-9-6-13(5-8-17)7-10-18;/h3-4,11,13H,5-10,12,17H2,1-2H3;1H. The van der Waals surface area contributed by atoms with Crippen LogP contribution in [0.25, 0.3) is 0 Å². The lowest BCUT2D eigenvalue weighted by molar-refractivity contribution is 0.173. The Morgan fingerprint density at radius 2 is 1.81 bits per heavy atom. The van der Waals surface area contributed by atoms with Crippen molar-refractivity contribution in [2.75, 3.05) is 33.9 Å². The van der Waals surface area contributed by atoms with Crippen molar-refractivity contribution < 1.29 is 9.47 Å². The zero-order valence-corrected chi connectivity index (χ0v) is 13.8. The van der Waals surface area contributed by atoms with Crippen LogP contribution < -0.4 is 15.2 Å². The second-order valence-corrected chi connectivity index (χ2v) is 5.49. The predicted octanol–water partition coefficient (Wildman–Crippen LogP) is 2.69. The van der Waals surface area contributed by atoms with E-state index in [4.69, 9.17) is 15.2 Å². The van der Waals surface area contributed by atoms with E-state index in [-0.39, 0.29) is 12.4 Å². The van der Waals surface area contributed by atoms with E-state index in [0.29, 0.717) is 0 Å². The van der Waals surface area contributed by atoms with E-state index in [2.05, 4.69) is 17.0 Å². The molecule has 0 radical (unpaired) electrons. The molecule has 0 spiro atoms. The van der Waals surface area contributed by atoms with E-state index < -0.39 is 0 Å². The molecule has 120 valence electrons. The Morgan fingerprint density at radius 1 is 1.14 bits per heavy atom. The van der Waals surface area contributed by atoms with Crippen LogP contribution in [0.4, 0.5) is 0 Å². The van der Waals surface area contributed by atoms with Crippen molar-refractivity contribution in [1.82, 2.24) is 4.90 Å². The van der Waals surface area contributed by atoms with E-state index in [0.717, 1.165) is 30.5 Å². The van der Waals surface area contributed by atoms with Gasteiger partial charge in [0, 0.05) is 6.54 Å². The van der Waals surface area contributed by atoms with Gasteiger partial charge in [0.05, 0.1) is 14.2 Å². The van der Waals surface area contributed by atoms with Crippen molar-refractivity contribution in [1.29, 1.82) is 0 Å². The minimum atomic E-state index is 0. The number of benzene rings is 1. The molecule has 1 aromatic carbocycles. The van der Waals surface area contributed by atoms with Gasteiger partial charge in [-0.1, -0.05) is 6.07 Å². The largest absolute Gasteiger partial charge is 0.493 e. The van der Waals surface area contributed by atoms with Crippen molar-refractivity contribution in [3.63, 3.8) is 0 Å². The van der Waals surface area contributed by atoms with Crippen molar-refractivity contribution in [3.8, 4) is 11.5 Å². The van der Waals surface area contributed by atoms with Gasteiger partial charge in [-0.05, 0) is 62.5 Å². The Kier molecular flexibility index (Phi) is 7.86. The second kappa shape index (κ2) is 9.13. The molecule has 1 aliphatic rings. The van der Waals surface area contributed by atoms with Gasteiger partial charge in [0.15, 0.2) is 11.5 Å². The fourth-order valence-electron chi connectivity index (χ4n) is 2.91. The normalized spacial score (nSPS) is 16.3. The molecule has 0 amide bonds. The molecule has 0 bridgehead atoms. The molecule has 1 aliphatic heterocycles. The van der Waals surface area contributed by atoms with Crippen molar-refractivity contribution in [2.45, 2.75) is 25.8 Å². The molecular weight excluding hydrogens is 288 g/mol. The molecule has 2 N–H and O–H groups in total. The van der Waals surface area contributed by atoms with Crippen molar-refractivity contribution in [3.05, 3.63) is 23.8 Å². The molecule has 1 fully saturated rings. The highest BCUT2D eigenvalue weighted by atomic mass is 35.5. The number of hydrogen-bond acceptors (Lipinski definition) is 4. The van der Waals surface area contributed by atoms with Gasteiger partial charge in [0.2, 0.25) is 0 Å². The van der Waals surface area contributed by atoms with Gasteiger partial charge >= 0.3 is 0 Å². The minimum absolute atomic E-state index is 0. The van der Waals surface area contributed by atoms with Crippen molar-refractivity contribution in [2.24, 2.45) is 11.7 Å². The summed E-state index contributed by atoms with van der Waals surface area (Å²) in [7, 11) is 3.35. The number of likely N-dealkylation sites (tertiary alicyclic amines) is 1. The molecule has 1 aromatic rings. The fraction of sp³-hybridized carbons (Fsp3) is 0.625. The Labute approximate surface area is 134 Å². The molecule has 4 nitrogen and oxygen atoms in total. The predicted molar refractivity (Wildman–Crippen MR) is 88.5 cm³/mol. The smallest absolute Gasteiger partial charge is 0.161 e. The van der Waals surface area contributed by atoms with Crippen LogP contribution in [0, 0.1) is 5.92 Å². The van der Waals surface area contributed by atoms with Crippen LogP contribution >= 0.6 is 12.4 Å². The summed E-state index contributed by atoms with van der Waals surface area (Å²) in [5.41, 5.74) is 6.92. The topological polar surface area (TPSA) is 47.7 Å². The van der Waals surface area contributed by atoms with Gasteiger partial charge in [-0.15, -0.1) is 12.4 Å². The van der Waals surface area contributed by atoms with E-state index >= 15 is 0 Å². The average Bonchev–Trinajstić information content (AvgIpc) is 2.49. The fourth-order valence-corrected chi connectivity index (χ4v) is 2.91. The zero-order valence-electron chi connectivity index (χ0n) is 13.0. The quantitative estimate of drug-likeness (QED) is 0.877. The van der Waals surface area contributed by atoms with Crippen LogP contribution in [0.15, 0.2) is 18.2 Å². The highest BCUT2D eigenvalue weighted by Gasteiger charge is 2.18. The third kappa shape index (κ3) is 5.06. The van der Waals surface area contributed by atoms with Crippen LogP contribution in [0.1, 0.15) is 24.8 Å². The van der Waals surface area contributed by atoms with E-state index in [9.17, 15) is 0 Å². The number of piperidine rings is 1. The Hall–Kier alpha value is -0.970. The molecule has 0 aliphatic carbocycles. The Bertz CT molecular complexity index is 421. The highest BCUT2D eigenvalue weighted by Crippen LogP contribution is 2.29. The average molecular weight is 315 g/mol. The van der Waals surface area contributed by atoms with Crippen LogP contribution in [0.3, 0.4) is 0 Å². The molecule has 0 saturated carbocycles. The molecule has 0 atom stereocenters. The monoisotopic (exact) mass is 314 g/mol. The van der Waals surface area contributed by atoms with Crippen LogP contribution in [-0.2, 0) is 6.54 Å². The summed E-state index contributed by atoms with van der Waals surface area (Å²) in [5, 5.41) is 0. The van der Waals surface area contributed by atoms with E-state index in [1.807, 2.05) is 6.07 Å². The van der Waals surface area contributed by atoms with Crippen LogP contribution in [0.5, 0.6) is 11.5 Å². The molecule has 0 unspecified atom stereocenters. The van der Waals surface area contributed by atoms with Crippen LogP contribution in [0.2, 0.25) is 0 Å². The van der Waals surface area contributed by atoms with Gasteiger partial charge in [-0.2, -0.15) is 0 Å². The summed E-state index contributed by atoms with van der Waals surface area (Å²) in [4.78, 5) is 2.51. The molecule has 0 aromatic heterocycles. The maximum absolute atomic E-state index is 5.64. The maximum atomic E-state index is 5.64. The first-order valence-electron chi connectivity index (χ1n) is 7.40. The zero-order chi connectivity index (χ0) is 14.4. The highest BCUT2D eigenvalue weighted by molar-refractivity contribution is 5.85. The van der Waals surface area contributed by atoms with Gasteiger partial charge < -0.3 is 15.2 Å². The summed E-state index contributed by atoms with van der Waals surface area (Å²) in [6.45, 7) is 4.13. The molecule has 21 heavy (non-hydrogen) atoms. The third-order valence-electron chi connectivity index (χ3n) is 4.14. The molecule has 1 heterocycles. The molecule has 2 rings (SSSR count). The second-order valence-electron chi connectivity index (χ2n) is 5.49. The van der Waals surface area contributed by atoms with E-state index in [1.54, 1.807) is 14.2 Å². The van der Waals surface area contributed by atoms with Gasteiger partial charge in [-0.3, -0.25) is 4.90 Å². The summed E-state index contributed by atoms with van der Waals surface area (Å²) in [6.07, 6.45) is 3.71. The number of halogens is 1. The molecular formula is C16H27ClN2O2. The van der Waals surface area contributed by atoms with Gasteiger partial charge in [-0.25, -0.2) is 0 Å². The summed E-state index contributed by atoms with van der Waals surface area (Å²) < 4.78 is 10.6. The molecule has 5 heteroatoms. The number of ether oxygens (including phenoxy) is 2. The number of methoxy groups -OCH3 is 2. The Morgan fingerprint density at radius 3 is 2.38 bits per heavy atom. The number of rotatable bonds is 6. The first-order chi connectivity index (χ1) is 9.76. The summed E-state index contributed by atoms with van der Waals surface area (Å²) in [6, 6.07) is 6.17. The minimum Gasteiger partial charge on any atom is -0.493 e. The SMILES string of the molecule is COc1ccc(CN2CCC(CCN)CC2)cc1OC.Cl. The summed E-state index contributed by atoms with van der Waals surface area (Å²) in [5.74, 6) is 2.42. The Balaban J connectivity index is 0.00000220. The van der Waals surface area contributed by atoms with Crippen LogP contribution in [-0.4, -0.2) is 38.8 Å². The lowest BCUT2D eigenvalue weighted by Crippen LogP contribution is -2.33. The third-order valence-corrected chi connectivity index (χ3v) is 4.14. The maximum Gasteiger partial charge on any atom is 0.161 e. The first kappa shape index (κ1) is 18.1. The lowest BCUT2D eigenvalue weighted by Gasteiger charge is -2.31. The number of hydrogen-bond donors (Lipinski definition) is 1. The van der Waals surface area contributed by atoms with Gasteiger partial charge in [0.25, 0.3) is 0 Å². The van der Waals surface area contributed by atoms with Crippen molar-refractivity contribution >= 4 is 12.4 Å². The van der Waals surface area contributed by atoms with E-state index in [1.165, 1.54) is 37.9 Å².